The van der Waals surface area contributed by atoms with Crippen LogP contribution in [0.25, 0.3) is 0 Å². The van der Waals surface area contributed by atoms with Crippen molar-refractivity contribution < 1.29 is 18.9 Å². The lowest BCUT2D eigenvalue weighted by molar-refractivity contribution is -0.671. The van der Waals surface area contributed by atoms with Crippen LogP contribution < -0.4 is 4.57 Å². The van der Waals surface area contributed by atoms with Gasteiger partial charge in [0.25, 0.3) is 0 Å². The molecule has 0 aliphatic carbocycles. The molecule has 0 saturated carbocycles. The maximum Gasteiger partial charge on any atom is 0.316 e. The number of ether oxygens (including phenoxy) is 1. The standard InChI is InChI=1S/C13H18NO3/c1-4-17-13(16)12(10(2)15)9-11-5-7-14(3)8-6-11/h5-8,12H,4,9H2,1-3H3/q+1. The minimum atomic E-state index is -0.692. The zero-order chi connectivity index (χ0) is 12.8. The lowest BCUT2D eigenvalue weighted by atomic mass is 9.97. The Balaban J connectivity index is 2.76. The highest BCUT2D eigenvalue weighted by Gasteiger charge is 2.25. The van der Waals surface area contributed by atoms with Crippen LogP contribution in [-0.4, -0.2) is 18.4 Å². The maximum absolute atomic E-state index is 11.6. The van der Waals surface area contributed by atoms with E-state index in [4.69, 9.17) is 4.74 Å². The molecule has 0 spiro atoms. The molecule has 4 heteroatoms. The summed E-state index contributed by atoms with van der Waals surface area (Å²) in [5.41, 5.74) is 0.955. The molecule has 1 atom stereocenters. The second-order valence-corrected chi connectivity index (χ2v) is 3.99. The monoisotopic (exact) mass is 236 g/mol. The van der Waals surface area contributed by atoms with Crippen LogP contribution in [0.2, 0.25) is 0 Å². The first-order valence-electron chi connectivity index (χ1n) is 5.65. The van der Waals surface area contributed by atoms with E-state index in [1.54, 1.807) is 6.92 Å². The minimum absolute atomic E-state index is 0.156. The average Bonchev–Trinajstić information content (AvgIpc) is 2.28. The first kappa shape index (κ1) is 13.4. The number of hydrogen-bond donors (Lipinski definition) is 0. The number of nitrogens with zero attached hydrogens (tertiary/aromatic N) is 1. The molecular formula is C13H18NO3+. The van der Waals surface area contributed by atoms with Crippen LogP contribution in [0, 0.1) is 5.92 Å². The fourth-order valence-electron chi connectivity index (χ4n) is 1.54. The second-order valence-electron chi connectivity index (χ2n) is 3.99. The zero-order valence-electron chi connectivity index (χ0n) is 10.5. The van der Waals surface area contributed by atoms with Crippen LogP contribution >= 0.6 is 0 Å². The summed E-state index contributed by atoms with van der Waals surface area (Å²) in [7, 11) is 1.91. The van der Waals surface area contributed by atoms with Gasteiger partial charge in [-0.25, -0.2) is 4.57 Å². The highest BCUT2D eigenvalue weighted by atomic mass is 16.5. The molecule has 0 bridgehead atoms. The summed E-state index contributed by atoms with van der Waals surface area (Å²) in [5, 5.41) is 0. The molecule has 0 aliphatic heterocycles. The lowest BCUT2D eigenvalue weighted by Gasteiger charge is -2.11. The van der Waals surface area contributed by atoms with Crippen molar-refractivity contribution in [3.63, 3.8) is 0 Å². The van der Waals surface area contributed by atoms with Gasteiger partial charge in [-0.2, -0.15) is 0 Å². The van der Waals surface area contributed by atoms with E-state index in [0.29, 0.717) is 13.0 Å². The number of ketones is 1. The lowest BCUT2D eigenvalue weighted by Crippen LogP contribution is -2.28. The van der Waals surface area contributed by atoms with Crippen molar-refractivity contribution in [1.82, 2.24) is 0 Å². The van der Waals surface area contributed by atoms with Gasteiger partial charge in [0, 0.05) is 12.1 Å². The van der Waals surface area contributed by atoms with Gasteiger partial charge in [0.2, 0.25) is 0 Å². The Hall–Kier alpha value is -1.71. The van der Waals surface area contributed by atoms with Gasteiger partial charge in [0.1, 0.15) is 18.7 Å². The number of hydrogen-bond acceptors (Lipinski definition) is 3. The molecule has 0 N–H and O–H groups in total. The maximum atomic E-state index is 11.6. The van der Waals surface area contributed by atoms with Crippen molar-refractivity contribution in [2.24, 2.45) is 13.0 Å². The Bertz CT molecular complexity index is 398. The summed E-state index contributed by atoms with van der Waals surface area (Å²) in [4.78, 5) is 23.0. The summed E-state index contributed by atoms with van der Waals surface area (Å²) in [6, 6.07) is 3.80. The van der Waals surface area contributed by atoms with Crippen LogP contribution in [0.3, 0.4) is 0 Å². The number of rotatable bonds is 5. The fourth-order valence-corrected chi connectivity index (χ4v) is 1.54. The number of carbonyl (C=O) groups is 2. The largest absolute Gasteiger partial charge is 0.465 e. The van der Waals surface area contributed by atoms with Crippen LogP contribution in [0.15, 0.2) is 24.5 Å². The van der Waals surface area contributed by atoms with Crippen molar-refractivity contribution in [1.29, 1.82) is 0 Å². The van der Waals surface area contributed by atoms with Gasteiger partial charge in [0.15, 0.2) is 12.4 Å². The number of aromatic nitrogens is 1. The quantitative estimate of drug-likeness (QED) is 0.432. The van der Waals surface area contributed by atoms with Crippen LogP contribution in [0.1, 0.15) is 19.4 Å². The molecule has 0 saturated heterocycles. The van der Waals surface area contributed by atoms with E-state index >= 15 is 0 Å². The normalized spacial score (nSPS) is 11.9. The highest BCUT2D eigenvalue weighted by Crippen LogP contribution is 2.10. The molecule has 1 aromatic rings. The molecule has 4 nitrogen and oxygen atoms in total. The van der Waals surface area contributed by atoms with E-state index in [9.17, 15) is 9.59 Å². The van der Waals surface area contributed by atoms with Crippen LogP contribution in [0.5, 0.6) is 0 Å². The SMILES string of the molecule is CCOC(=O)C(Cc1cc[n+](C)cc1)C(C)=O. The van der Waals surface area contributed by atoms with E-state index in [1.165, 1.54) is 6.92 Å². The predicted molar refractivity (Wildman–Crippen MR) is 62.1 cm³/mol. The summed E-state index contributed by atoms with van der Waals surface area (Å²) in [6.07, 6.45) is 4.17. The first-order chi connectivity index (χ1) is 8.04. The molecule has 0 radical (unpaired) electrons. The third kappa shape index (κ3) is 3.98. The number of carbonyl (C=O) groups excluding carboxylic acids is 2. The molecule has 0 aromatic carbocycles. The Kier molecular flexibility index (Phi) is 4.82. The molecule has 1 aromatic heterocycles. The van der Waals surface area contributed by atoms with Crippen molar-refractivity contribution >= 4 is 11.8 Å². The van der Waals surface area contributed by atoms with Crippen LogP contribution in [0.4, 0.5) is 0 Å². The van der Waals surface area contributed by atoms with Gasteiger partial charge in [-0.3, -0.25) is 9.59 Å². The van der Waals surface area contributed by atoms with Gasteiger partial charge in [0.05, 0.1) is 6.61 Å². The Labute approximate surface area is 101 Å². The van der Waals surface area contributed by atoms with Crippen LogP contribution in [-0.2, 0) is 27.8 Å². The second kappa shape index (κ2) is 6.13. The smallest absolute Gasteiger partial charge is 0.316 e. The van der Waals surface area contributed by atoms with Gasteiger partial charge in [-0.1, -0.05) is 0 Å². The van der Waals surface area contributed by atoms with Crippen molar-refractivity contribution in [3.05, 3.63) is 30.1 Å². The molecule has 0 fully saturated rings. The predicted octanol–water partition coefficient (Wildman–Crippen LogP) is 0.822. The Morgan fingerprint density at radius 1 is 1.35 bits per heavy atom. The number of aryl methyl sites for hydroxylation is 1. The van der Waals surface area contributed by atoms with Gasteiger partial charge >= 0.3 is 5.97 Å². The Morgan fingerprint density at radius 3 is 2.41 bits per heavy atom. The molecule has 92 valence electrons. The van der Waals surface area contributed by atoms with Gasteiger partial charge < -0.3 is 4.74 Å². The summed E-state index contributed by atoms with van der Waals surface area (Å²) in [5.74, 6) is -1.28. The minimum Gasteiger partial charge on any atom is -0.465 e. The van der Waals surface area contributed by atoms with E-state index in [-0.39, 0.29) is 5.78 Å². The van der Waals surface area contributed by atoms with E-state index in [2.05, 4.69) is 0 Å². The van der Waals surface area contributed by atoms with E-state index < -0.39 is 11.9 Å². The average molecular weight is 236 g/mol. The molecule has 1 unspecified atom stereocenters. The number of Topliss-reactive ketones (excluding diaryl/α,β-unsaturated/α-hetero) is 1. The van der Waals surface area contributed by atoms with E-state index in [0.717, 1.165) is 5.56 Å². The zero-order valence-corrected chi connectivity index (χ0v) is 10.5. The van der Waals surface area contributed by atoms with Crippen molar-refractivity contribution in [2.45, 2.75) is 20.3 Å². The summed E-state index contributed by atoms with van der Waals surface area (Å²) < 4.78 is 6.80. The third-order valence-corrected chi connectivity index (χ3v) is 2.55. The topological polar surface area (TPSA) is 47.2 Å². The molecule has 0 amide bonds. The molecule has 0 aliphatic rings. The van der Waals surface area contributed by atoms with Gasteiger partial charge in [-0.05, 0) is 25.8 Å². The van der Waals surface area contributed by atoms with Gasteiger partial charge in [-0.15, -0.1) is 0 Å². The third-order valence-electron chi connectivity index (χ3n) is 2.55. The molecular weight excluding hydrogens is 218 g/mol. The number of pyridine rings is 1. The first-order valence-corrected chi connectivity index (χ1v) is 5.65. The molecule has 1 heterocycles. The molecule has 1 rings (SSSR count). The summed E-state index contributed by atoms with van der Waals surface area (Å²) in [6.45, 7) is 3.45. The molecule has 17 heavy (non-hydrogen) atoms. The number of esters is 1. The van der Waals surface area contributed by atoms with E-state index in [1.807, 2.05) is 36.1 Å². The van der Waals surface area contributed by atoms with Crippen molar-refractivity contribution in [2.75, 3.05) is 6.61 Å². The fraction of sp³-hybridized carbons (Fsp3) is 0.462. The Morgan fingerprint density at radius 2 is 1.94 bits per heavy atom. The highest BCUT2D eigenvalue weighted by molar-refractivity contribution is 5.97. The van der Waals surface area contributed by atoms with Crippen molar-refractivity contribution in [3.8, 4) is 0 Å². The summed E-state index contributed by atoms with van der Waals surface area (Å²) >= 11 is 0.